The second-order valence-electron chi connectivity index (χ2n) is 4.60. The summed E-state index contributed by atoms with van der Waals surface area (Å²) in [5.74, 6) is 0.377. The largest absolute Gasteiger partial charge is 0.410 e. The highest BCUT2D eigenvalue weighted by Crippen LogP contribution is 2.42. The minimum absolute atomic E-state index is 0.0934. The Morgan fingerprint density at radius 3 is 2.79 bits per heavy atom. The molecule has 0 bridgehead atoms. The summed E-state index contributed by atoms with van der Waals surface area (Å²) in [6.07, 6.45) is 0.258. The molecule has 2 unspecified atom stereocenters. The van der Waals surface area contributed by atoms with Crippen LogP contribution in [0.5, 0.6) is 0 Å². The minimum atomic E-state index is -4.32. The van der Waals surface area contributed by atoms with Crippen molar-refractivity contribution in [2.24, 2.45) is 7.05 Å². The number of aromatic nitrogens is 4. The minimum Gasteiger partial charge on any atom is -0.363 e. The first-order chi connectivity index (χ1) is 8.95. The van der Waals surface area contributed by atoms with Gasteiger partial charge < -0.3 is 5.32 Å². The first-order valence-electron chi connectivity index (χ1n) is 5.80. The van der Waals surface area contributed by atoms with E-state index in [2.05, 4.69) is 15.5 Å². The van der Waals surface area contributed by atoms with Crippen LogP contribution in [0.1, 0.15) is 24.1 Å². The van der Waals surface area contributed by atoms with Crippen molar-refractivity contribution in [2.75, 3.05) is 5.32 Å². The van der Waals surface area contributed by atoms with Crippen LogP contribution in [0.2, 0.25) is 0 Å². The second kappa shape index (κ2) is 4.01. The maximum absolute atomic E-state index is 13.1. The number of hydrogen-bond donors (Lipinski definition) is 1. The van der Waals surface area contributed by atoms with Crippen LogP contribution in [0.3, 0.4) is 0 Å². The van der Waals surface area contributed by atoms with Gasteiger partial charge in [-0.15, -0.1) is 0 Å². The molecule has 5 nitrogen and oxygen atoms in total. The molecule has 0 spiro atoms. The summed E-state index contributed by atoms with van der Waals surface area (Å²) in [6, 6.07) is -0.477. The quantitative estimate of drug-likeness (QED) is 0.865. The molecular formula is C11H12F3N5. The highest BCUT2D eigenvalue weighted by Gasteiger charge is 2.46. The summed E-state index contributed by atoms with van der Waals surface area (Å²) in [5.41, 5.74) is 0.740. The van der Waals surface area contributed by atoms with E-state index in [1.54, 1.807) is 30.2 Å². The van der Waals surface area contributed by atoms with E-state index in [1.807, 2.05) is 0 Å². The van der Waals surface area contributed by atoms with Crippen LogP contribution in [-0.4, -0.2) is 25.7 Å². The predicted octanol–water partition coefficient (Wildman–Crippen LogP) is 2.28. The van der Waals surface area contributed by atoms with Gasteiger partial charge in [-0.2, -0.15) is 23.4 Å². The Morgan fingerprint density at radius 1 is 1.37 bits per heavy atom. The van der Waals surface area contributed by atoms with E-state index < -0.39 is 18.3 Å². The van der Waals surface area contributed by atoms with Crippen LogP contribution in [-0.2, 0) is 7.05 Å². The Balaban J connectivity index is 1.96. The SMILES string of the molecule is Cn1cc(C2CC(C(F)(F)F)n3nccc3N2)cn1. The molecule has 3 rings (SSSR count). The molecule has 102 valence electrons. The predicted molar refractivity (Wildman–Crippen MR) is 61.5 cm³/mol. The van der Waals surface area contributed by atoms with Gasteiger partial charge in [0, 0.05) is 31.3 Å². The maximum Gasteiger partial charge on any atom is 0.410 e. The second-order valence-corrected chi connectivity index (χ2v) is 4.60. The Bertz CT molecular complexity index is 585. The number of alkyl halides is 3. The van der Waals surface area contributed by atoms with Crippen molar-refractivity contribution in [3.8, 4) is 0 Å². The summed E-state index contributed by atoms with van der Waals surface area (Å²) in [6.45, 7) is 0. The third-order valence-corrected chi connectivity index (χ3v) is 3.25. The fraction of sp³-hybridized carbons (Fsp3) is 0.455. The van der Waals surface area contributed by atoms with Gasteiger partial charge in [0.1, 0.15) is 5.82 Å². The van der Waals surface area contributed by atoms with Crippen molar-refractivity contribution in [2.45, 2.75) is 24.7 Å². The van der Waals surface area contributed by atoms with E-state index in [9.17, 15) is 13.2 Å². The number of hydrogen-bond acceptors (Lipinski definition) is 3. The van der Waals surface area contributed by atoms with Crippen molar-refractivity contribution in [3.05, 3.63) is 30.2 Å². The zero-order valence-electron chi connectivity index (χ0n) is 10.1. The van der Waals surface area contributed by atoms with Gasteiger partial charge in [-0.25, -0.2) is 4.68 Å². The lowest BCUT2D eigenvalue weighted by atomic mass is 9.99. The van der Waals surface area contributed by atoms with Gasteiger partial charge in [-0.1, -0.05) is 0 Å². The molecule has 2 aromatic heterocycles. The normalized spacial score (nSPS) is 22.9. The van der Waals surface area contributed by atoms with Gasteiger partial charge in [0.05, 0.1) is 18.4 Å². The average molecular weight is 271 g/mol. The summed E-state index contributed by atoms with van der Waals surface area (Å²) in [4.78, 5) is 0. The third kappa shape index (κ3) is 2.06. The van der Waals surface area contributed by atoms with E-state index in [0.29, 0.717) is 5.82 Å². The number of fused-ring (bicyclic) bond motifs is 1. The lowest BCUT2D eigenvalue weighted by Crippen LogP contribution is -2.35. The van der Waals surface area contributed by atoms with Crippen molar-refractivity contribution < 1.29 is 13.2 Å². The van der Waals surface area contributed by atoms with Crippen LogP contribution < -0.4 is 5.32 Å². The number of anilines is 1. The van der Waals surface area contributed by atoms with E-state index in [1.165, 1.54) is 6.20 Å². The third-order valence-electron chi connectivity index (χ3n) is 3.25. The van der Waals surface area contributed by atoms with Gasteiger partial charge in [0.15, 0.2) is 6.04 Å². The molecule has 0 fully saturated rings. The summed E-state index contributed by atoms with van der Waals surface area (Å²) < 4.78 is 41.8. The smallest absolute Gasteiger partial charge is 0.363 e. The van der Waals surface area contributed by atoms with Crippen LogP contribution in [0.4, 0.5) is 19.0 Å². The number of aryl methyl sites for hydroxylation is 1. The summed E-state index contributed by atoms with van der Waals surface area (Å²) in [5, 5.41) is 10.8. The van der Waals surface area contributed by atoms with Gasteiger partial charge in [0.2, 0.25) is 0 Å². The lowest BCUT2D eigenvalue weighted by molar-refractivity contribution is -0.173. The molecule has 0 saturated heterocycles. The Morgan fingerprint density at radius 2 is 2.16 bits per heavy atom. The maximum atomic E-state index is 13.1. The number of rotatable bonds is 1. The topological polar surface area (TPSA) is 47.7 Å². The lowest BCUT2D eigenvalue weighted by Gasteiger charge is -2.32. The van der Waals surface area contributed by atoms with Gasteiger partial charge in [-0.3, -0.25) is 4.68 Å². The molecule has 1 aliphatic heterocycles. The van der Waals surface area contributed by atoms with Crippen LogP contribution in [0.15, 0.2) is 24.7 Å². The number of halogens is 3. The Kier molecular flexibility index (Phi) is 2.54. The molecule has 0 aliphatic carbocycles. The van der Waals surface area contributed by atoms with Gasteiger partial charge in [-0.05, 0) is 0 Å². The van der Waals surface area contributed by atoms with Crippen LogP contribution in [0.25, 0.3) is 0 Å². The standard InChI is InChI=1S/C11H12F3N5/c1-18-6-7(5-16-18)8-4-9(11(12,13)14)19-10(17-8)2-3-15-19/h2-3,5-6,8-9,17H,4H2,1H3. The first kappa shape index (κ1) is 12.1. The molecule has 0 aromatic carbocycles. The molecular weight excluding hydrogens is 259 g/mol. The Labute approximate surface area is 107 Å². The van der Waals surface area contributed by atoms with Crippen LogP contribution in [0, 0.1) is 0 Å². The Hall–Kier alpha value is -1.99. The van der Waals surface area contributed by atoms with Gasteiger partial charge in [0.25, 0.3) is 0 Å². The fourth-order valence-electron chi connectivity index (χ4n) is 2.35. The molecule has 2 atom stereocenters. The van der Waals surface area contributed by atoms with Crippen LogP contribution >= 0.6 is 0 Å². The molecule has 0 radical (unpaired) electrons. The number of nitrogens with zero attached hydrogens (tertiary/aromatic N) is 4. The van der Waals surface area contributed by atoms with Crippen molar-refractivity contribution in [1.82, 2.24) is 19.6 Å². The zero-order chi connectivity index (χ0) is 13.6. The monoisotopic (exact) mass is 271 g/mol. The highest BCUT2D eigenvalue weighted by molar-refractivity contribution is 5.40. The zero-order valence-corrected chi connectivity index (χ0v) is 10.1. The van der Waals surface area contributed by atoms with Crippen molar-refractivity contribution in [1.29, 1.82) is 0 Å². The summed E-state index contributed by atoms with van der Waals surface area (Å²) in [7, 11) is 1.73. The van der Waals surface area contributed by atoms with Gasteiger partial charge >= 0.3 is 6.18 Å². The highest BCUT2D eigenvalue weighted by atomic mass is 19.4. The average Bonchev–Trinajstić information content (AvgIpc) is 2.94. The van der Waals surface area contributed by atoms with E-state index in [4.69, 9.17) is 0 Å². The van der Waals surface area contributed by atoms with Crippen molar-refractivity contribution >= 4 is 5.82 Å². The van der Waals surface area contributed by atoms with E-state index >= 15 is 0 Å². The molecule has 1 aliphatic rings. The van der Waals surface area contributed by atoms with Crippen molar-refractivity contribution in [3.63, 3.8) is 0 Å². The molecule has 3 heterocycles. The summed E-state index contributed by atoms with van der Waals surface area (Å²) >= 11 is 0. The molecule has 0 saturated carbocycles. The molecule has 0 amide bonds. The fourth-order valence-corrected chi connectivity index (χ4v) is 2.35. The molecule has 1 N–H and O–H groups in total. The van der Waals surface area contributed by atoms with E-state index in [-0.39, 0.29) is 6.42 Å². The molecule has 19 heavy (non-hydrogen) atoms. The molecule has 8 heteroatoms. The molecule has 2 aromatic rings. The van der Waals surface area contributed by atoms with E-state index in [0.717, 1.165) is 10.2 Å². The number of nitrogens with one attached hydrogen (secondary N) is 1. The first-order valence-corrected chi connectivity index (χ1v) is 5.80.